The number of aryl methyl sites for hydroxylation is 1. The van der Waals surface area contributed by atoms with E-state index in [1.807, 2.05) is 12.1 Å². The number of hydrogen-bond acceptors (Lipinski definition) is 4. The minimum atomic E-state index is -0.532. The molecule has 0 N–H and O–H groups in total. The van der Waals surface area contributed by atoms with Gasteiger partial charge in [-0.1, -0.05) is 64.3 Å². The standard InChI is InChI=1S/C31H46N2O2/c1-5-8-10-26-11-13-27(14-12-26)25-31(19-7-3,32(4)20-9-6-2)30(34)28-15-17-29(18-16-28)33-21-23-35-24-22-33/h11-18H,5-10,19-25H2,1-4H3. The molecule has 0 bridgehead atoms. The first-order chi connectivity index (χ1) is 17.0. The van der Waals surface area contributed by atoms with Gasteiger partial charge < -0.3 is 9.64 Å². The number of unbranched alkanes of at least 4 members (excludes halogenated alkanes) is 2. The number of ether oxygens (including phenoxy) is 1. The van der Waals surface area contributed by atoms with Crippen LogP contribution in [-0.4, -0.2) is 56.1 Å². The largest absolute Gasteiger partial charge is 0.378 e. The summed E-state index contributed by atoms with van der Waals surface area (Å²) >= 11 is 0. The smallest absolute Gasteiger partial charge is 0.183 e. The van der Waals surface area contributed by atoms with Gasteiger partial charge in [0.2, 0.25) is 0 Å². The van der Waals surface area contributed by atoms with Gasteiger partial charge in [-0.15, -0.1) is 0 Å². The third-order valence-electron chi connectivity index (χ3n) is 7.51. The summed E-state index contributed by atoms with van der Waals surface area (Å²) in [5.41, 5.74) is 4.10. The lowest BCUT2D eigenvalue weighted by atomic mass is 9.78. The number of hydrogen-bond donors (Lipinski definition) is 0. The highest BCUT2D eigenvalue weighted by atomic mass is 16.5. The van der Waals surface area contributed by atoms with E-state index in [4.69, 9.17) is 4.74 Å². The minimum absolute atomic E-state index is 0.251. The number of carbonyl (C=O) groups is 1. The lowest BCUT2D eigenvalue weighted by Gasteiger charge is -2.41. The Kier molecular flexibility index (Phi) is 10.8. The lowest BCUT2D eigenvalue weighted by Crippen LogP contribution is -2.55. The fourth-order valence-electron chi connectivity index (χ4n) is 5.26. The molecule has 1 aliphatic heterocycles. The van der Waals surface area contributed by atoms with Crippen LogP contribution >= 0.6 is 0 Å². The van der Waals surface area contributed by atoms with Crippen LogP contribution in [0.1, 0.15) is 80.8 Å². The van der Waals surface area contributed by atoms with Gasteiger partial charge in [0, 0.05) is 24.3 Å². The maximum Gasteiger partial charge on any atom is 0.183 e. The van der Waals surface area contributed by atoms with Crippen LogP contribution in [0.15, 0.2) is 48.5 Å². The molecule has 4 nitrogen and oxygen atoms in total. The molecule has 2 aromatic rings. The summed E-state index contributed by atoms with van der Waals surface area (Å²) < 4.78 is 5.50. The van der Waals surface area contributed by atoms with Gasteiger partial charge in [0.25, 0.3) is 0 Å². The minimum Gasteiger partial charge on any atom is -0.378 e. The topological polar surface area (TPSA) is 32.8 Å². The zero-order chi connectivity index (χ0) is 25.1. The number of morpholine rings is 1. The quantitative estimate of drug-likeness (QED) is 0.288. The van der Waals surface area contributed by atoms with E-state index in [1.165, 1.54) is 29.7 Å². The zero-order valence-electron chi connectivity index (χ0n) is 22.5. The third-order valence-corrected chi connectivity index (χ3v) is 7.51. The molecular weight excluding hydrogens is 432 g/mol. The average molecular weight is 479 g/mol. The second-order valence-corrected chi connectivity index (χ2v) is 10.1. The number of nitrogens with zero attached hydrogens (tertiary/aromatic N) is 2. The first-order valence-corrected chi connectivity index (χ1v) is 13.8. The van der Waals surface area contributed by atoms with Crippen LogP contribution in [0.25, 0.3) is 0 Å². The lowest BCUT2D eigenvalue weighted by molar-refractivity contribution is 0.0578. The van der Waals surface area contributed by atoms with Crippen molar-refractivity contribution in [1.29, 1.82) is 0 Å². The SMILES string of the molecule is CCCCc1ccc(CC(CCC)(C(=O)c2ccc(N3CCOCC3)cc2)N(C)CCCC)cc1. The van der Waals surface area contributed by atoms with Crippen molar-refractivity contribution in [2.24, 2.45) is 0 Å². The Hall–Kier alpha value is -2.17. The van der Waals surface area contributed by atoms with Crippen molar-refractivity contribution in [3.8, 4) is 0 Å². The van der Waals surface area contributed by atoms with Crippen LogP contribution < -0.4 is 4.90 Å². The van der Waals surface area contributed by atoms with Gasteiger partial charge in [-0.2, -0.15) is 0 Å². The van der Waals surface area contributed by atoms with E-state index in [0.717, 1.165) is 76.9 Å². The van der Waals surface area contributed by atoms with E-state index in [9.17, 15) is 4.79 Å². The van der Waals surface area contributed by atoms with Crippen LogP contribution in [0.5, 0.6) is 0 Å². The number of Topliss-reactive ketones (excluding diaryl/α,β-unsaturated/α-hetero) is 1. The molecule has 1 fully saturated rings. The van der Waals surface area contributed by atoms with Crippen LogP contribution in [0.3, 0.4) is 0 Å². The third kappa shape index (κ3) is 7.17. The molecule has 1 unspecified atom stereocenters. The van der Waals surface area contributed by atoms with Crippen molar-refractivity contribution in [2.75, 3.05) is 44.8 Å². The van der Waals surface area contributed by atoms with Crippen molar-refractivity contribution < 1.29 is 9.53 Å². The van der Waals surface area contributed by atoms with Gasteiger partial charge in [-0.25, -0.2) is 0 Å². The molecule has 3 rings (SSSR count). The van der Waals surface area contributed by atoms with Gasteiger partial charge in [0.05, 0.1) is 18.8 Å². The number of anilines is 1. The Balaban J connectivity index is 1.89. The Bertz CT molecular complexity index is 887. The molecule has 1 heterocycles. The summed E-state index contributed by atoms with van der Waals surface area (Å²) in [6.45, 7) is 10.9. The predicted octanol–water partition coefficient (Wildman–Crippen LogP) is 6.56. The predicted molar refractivity (Wildman–Crippen MR) is 148 cm³/mol. The van der Waals surface area contributed by atoms with E-state index in [1.54, 1.807) is 0 Å². The Labute approximate surface area is 213 Å². The van der Waals surface area contributed by atoms with E-state index in [0.29, 0.717) is 0 Å². The molecule has 192 valence electrons. The van der Waals surface area contributed by atoms with E-state index >= 15 is 0 Å². The number of rotatable bonds is 14. The average Bonchev–Trinajstić information content (AvgIpc) is 2.91. The zero-order valence-corrected chi connectivity index (χ0v) is 22.5. The molecule has 0 aliphatic carbocycles. The van der Waals surface area contributed by atoms with Gasteiger partial charge in [0.15, 0.2) is 5.78 Å². The molecule has 0 spiro atoms. The van der Waals surface area contributed by atoms with Crippen molar-refractivity contribution in [3.63, 3.8) is 0 Å². The number of ketones is 1. The summed E-state index contributed by atoms with van der Waals surface area (Å²) in [4.78, 5) is 19.0. The first kappa shape index (κ1) is 27.4. The fourth-order valence-corrected chi connectivity index (χ4v) is 5.26. The van der Waals surface area contributed by atoms with Crippen LogP contribution in [-0.2, 0) is 17.6 Å². The molecule has 0 saturated carbocycles. The van der Waals surface area contributed by atoms with Gasteiger partial charge >= 0.3 is 0 Å². The van der Waals surface area contributed by atoms with Crippen molar-refractivity contribution in [1.82, 2.24) is 4.90 Å². The van der Waals surface area contributed by atoms with Crippen molar-refractivity contribution in [3.05, 3.63) is 65.2 Å². The maximum atomic E-state index is 14.3. The normalized spacial score (nSPS) is 15.9. The molecule has 1 aliphatic rings. The molecule has 0 amide bonds. The first-order valence-electron chi connectivity index (χ1n) is 13.8. The summed E-state index contributed by atoms with van der Waals surface area (Å²) in [5, 5.41) is 0. The van der Waals surface area contributed by atoms with E-state index < -0.39 is 5.54 Å². The molecule has 0 radical (unpaired) electrons. The van der Waals surface area contributed by atoms with Crippen LogP contribution in [0, 0.1) is 0 Å². The van der Waals surface area contributed by atoms with Crippen molar-refractivity contribution in [2.45, 2.75) is 77.7 Å². The monoisotopic (exact) mass is 478 g/mol. The molecule has 2 aromatic carbocycles. The second-order valence-electron chi connectivity index (χ2n) is 10.1. The molecular formula is C31H46N2O2. The molecule has 1 atom stereocenters. The maximum absolute atomic E-state index is 14.3. The molecule has 4 heteroatoms. The summed E-state index contributed by atoms with van der Waals surface area (Å²) in [6.07, 6.45) is 8.36. The number of likely N-dealkylation sites (N-methyl/N-ethyl adjacent to an activating group) is 1. The Morgan fingerprint density at radius 1 is 0.886 bits per heavy atom. The molecule has 1 saturated heterocycles. The van der Waals surface area contributed by atoms with E-state index in [2.05, 4.69) is 74.0 Å². The number of carbonyl (C=O) groups excluding carboxylic acids is 1. The highest BCUT2D eigenvalue weighted by Crippen LogP contribution is 2.31. The summed E-state index contributed by atoms with van der Waals surface area (Å²) in [7, 11) is 2.15. The number of benzene rings is 2. The van der Waals surface area contributed by atoms with Crippen LogP contribution in [0.4, 0.5) is 5.69 Å². The Morgan fingerprint density at radius 3 is 2.11 bits per heavy atom. The highest BCUT2D eigenvalue weighted by molar-refractivity contribution is 6.03. The highest BCUT2D eigenvalue weighted by Gasteiger charge is 2.41. The molecule has 35 heavy (non-hydrogen) atoms. The van der Waals surface area contributed by atoms with Gasteiger partial charge in [-0.05, 0) is 81.1 Å². The molecule has 0 aromatic heterocycles. The van der Waals surface area contributed by atoms with E-state index in [-0.39, 0.29) is 5.78 Å². The second kappa shape index (κ2) is 13.8. The van der Waals surface area contributed by atoms with Crippen LogP contribution in [0.2, 0.25) is 0 Å². The summed E-state index contributed by atoms with van der Waals surface area (Å²) in [6, 6.07) is 17.3. The summed E-state index contributed by atoms with van der Waals surface area (Å²) in [5.74, 6) is 0.251. The van der Waals surface area contributed by atoms with Crippen molar-refractivity contribution >= 4 is 11.5 Å². The Morgan fingerprint density at radius 2 is 1.51 bits per heavy atom. The van der Waals surface area contributed by atoms with Gasteiger partial charge in [0.1, 0.15) is 0 Å². The van der Waals surface area contributed by atoms with Gasteiger partial charge in [-0.3, -0.25) is 9.69 Å². The fraction of sp³-hybridized carbons (Fsp3) is 0.581.